The third-order valence-corrected chi connectivity index (χ3v) is 5.53. The van der Waals surface area contributed by atoms with Gasteiger partial charge < -0.3 is 10.2 Å². The van der Waals surface area contributed by atoms with E-state index in [9.17, 15) is 4.79 Å². The maximum absolute atomic E-state index is 12.9. The number of carbonyl (C=O) groups excluding carboxylic acids is 1. The number of likely N-dealkylation sites (tertiary alicyclic amines) is 1. The van der Waals surface area contributed by atoms with E-state index >= 15 is 0 Å². The average molecular weight is 380 g/mol. The molecule has 1 aromatic carbocycles. The summed E-state index contributed by atoms with van der Waals surface area (Å²) in [6.07, 6.45) is 3.28. The van der Waals surface area contributed by atoms with E-state index in [1.807, 2.05) is 4.90 Å². The van der Waals surface area contributed by atoms with Crippen LogP contribution in [-0.2, 0) is 0 Å². The fourth-order valence-electron chi connectivity index (χ4n) is 3.65. The van der Waals surface area contributed by atoms with Gasteiger partial charge in [-0.1, -0.05) is 29.3 Å². The van der Waals surface area contributed by atoms with Gasteiger partial charge in [0.2, 0.25) is 5.82 Å². The molecule has 2 fully saturated rings. The molecule has 0 saturated carbocycles. The highest BCUT2D eigenvalue weighted by atomic mass is 35.5. The molecule has 1 amide bonds. The van der Waals surface area contributed by atoms with Crippen molar-refractivity contribution in [3.8, 4) is 5.69 Å². The lowest BCUT2D eigenvalue weighted by molar-refractivity contribution is 0.0736. The molecule has 0 spiro atoms. The van der Waals surface area contributed by atoms with Crippen LogP contribution in [0.3, 0.4) is 0 Å². The number of rotatable bonds is 2. The normalized spacial score (nSPS) is 22.9. The van der Waals surface area contributed by atoms with Gasteiger partial charge in [-0.2, -0.15) is 0 Å². The standard InChI is InChI=1S/C17H19Cl2N5O/c1-10-20-16(22-24(10)15-13(18)3-2-4-14(15)19)17(25)23-8-7-11-5-6-12(9-23)21-11/h2-4,11-12,21H,5-9H2,1H3. The van der Waals surface area contributed by atoms with Gasteiger partial charge in [-0.15, -0.1) is 5.10 Å². The van der Waals surface area contributed by atoms with E-state index in [1.165, 1.54) is 6.42 Å². The van der Waals surface area contributed by atoms with Crippen LogP contribution < -0.4 is 5.32 Å². The highest BCUT2D eigenvalue weighted by Gasteiger charge is 2.33. The Morgan fingerprint density at radius 2 is 1.92 bits per heavy atom. The minimum Gasteiger partial charge on any atom is -0.334 e. The summed E-state index contributed by atoms with van der Waals surface area (Å²) in [7, 11) is 0. The van der Waals surface area contributed by atoms with E-state index in [4.69, 9.17) is 23.2 Å². The number of fused-ring (bicyclic) bond motifs is 2. The number of hydrogen-bond donors (Lipinski definition) is 1. The summed E-state index contributed by atoms with van der Waals surface area (Å²) in [5.41, 5.74) is 0.548. The number of amides is 1. The lowest BCUT2D eigenvalue weighted by Gasteiger charge is -2.22. The van der Waals surface area contributed by atoms with Gasteiger partial charge in [0.15, 0.2) is 0 Å². The first-order valence-corrected chi connectivity index (χ1v) is 9.22. The van der Waals surface area contributed by atoms with E-state index in [0.717, 1.165) is 19.4 Å². The van der Waals surface area contributed by atoms with Gasteiger partial charge in [0.25, 0.3) is 5.91 Å². The number of carbonyl (C=O) groups is 1. The Kier molecular flexibility index (Phi) is 4.43. The molecule has 2 aliphatic heterocycles. The van der Waals surface area contributed by atoms with E-state index in [1.54, 1.807) is 29.8 Å². The fourth-order valence-corrected chi connectivity index (χ4v) is 4.21. The first kappa shape index (κ1) is 16.8. The summed E-state index contributed by atoms with van der Waals surface area (Å²) in [4.78, 5) is 19.1. The summed E-state index contributed by atoms with van der Waals surface area (Å²) in [5, 5.41) is 8.90. The Morgan fingerprint density at radius 3 is 2.68 bits per heavy atom. The maximum atomic E-state index is 12.9. The van der Waals surface area contributed by atoms with Crippen LogP contribution in [0.2, 0.25) is 10.0 Å². The molecule has 0 aliphatic carbocycles. The Hall–Kier alpha value is -1.63. The van der Waals surface area contributed by atoms with Gasteiger partial charge in [0, 0.05) is 25.2 Å². The number of aromatic nitrogens is 3. The second-order valence-corrected chi connectivity index (χ2v) is 7.46. The Balaban J connectivity index is 1.63. The lowest BCUT2D eigenvalue weighted by atomic mass is 10.1. The molecule has 2 aromatic rings. The molecular formula is C17H19Cl2N5O. The molecule has 6 nitrogen and oxygen atoms in total. The summed E-state index contributed by atoms with van der Waals surface area (Å²) < 4.78 is 1.54. The van der Waals surface area contributed by atoms with Crippen LogP contribution in [0.1, 0.15) is 35.7 Å². The molecule has 132 valence electrons. The monoisotopic (exact) mass is 379 g/mol. The fraction of sp³-hybridized carbons (Fsp3) is 0.471. The predicted molar refractivity (Wildman–Crippen MR) is 96.6 cm³/mol. The second-order valence-electron chi connectivity index (χ2n) is 6.64. The van der Waals surface area contributed by atoms with Gasteiger partial charge in [0.1, 0.15) is 11.5 Å². The Labute approximate surface area is 156 Å². The molecule has 8 heteroatoms. The minimum absolute atomic E-state index is 0.139. The van der Waals surface area contributed by atoms with Crippen LogP contribution in [0.25, 0.3) is 5.69 Å². The van der Waals surface area contributed by atoms with Crippen molar-refractivity contribution in [2.75, 3.05) is 13.1 Å². The minimum atomic E-state index is -0.139. The van der Waals surface area contributed by atoms with Crippen molar-refractivity contribution in [3.63, 3.8) is 0 Å². The molecule has 4 rings (SSSR count). The van der Waals surface area contributed by atoms with Crippen molar-refractivity contribution in [1.29, 1.82) is 0 Å². The molecule has 2 atom stereocenters. The first-order valence-electron chi connectivity index (χ1n) is 8.46. The second kappa shape index (κ2) is 6.59. The third kappa shape index (κ3) is 3.14. The highest BCUT2D eigenvalue weighted by molar-refractivity contribution is 6.37. The zero-order chi connectivity index (χ0) is 17.6. The molecule has 0 radical (unpaired) electrons. The molecule has 1 aromatic heterocycles. The van der Waals surface area contributed by atoms with Gasteiger partial charge in [-0.3, -0.25) is 4.79 Å². The van der Waals surface area contributed by atoms with Crippen LogP contribution in [0.4, 0.5) is 0 Å². The van der Waals surface area contributed by atoms with E-state index in [-0.39, 0.29) is 11.7 Å². The smallest absolute Gasteiger partial charge is 0.293 e. The molecule has 1 N–H and O–H groups in total. The summed E-state index contributed by atoms with van der Waals surface area (Å²) in [6, 6.07) is 6.14. The number of aryl methyl sites for hydroxylation is 1. The maximum Gasteiger partial charge on any atom is 0.293 e. The topological polar surface area (TPSA) is 63.1 Å². The lowest BCUT2D eigenvalue weighted by Crippen LogP contribution is -2.39. The number of nitrogens with one attached hydrogen (secondary N) is 1. The third-order valence-electron chi connectivity index (χ3n) is 4.92. The van der Waals surface area contributed by atoms with E-state index in [2.05, 4.69) is 15.4 Å². The summed E-state index contributed by atoms with van der Waals surface area (Å²) in [5.74, 6) is 0.624. The number of halogens is 2. The molecule has 2 bridgehead atoms. The summed E-state index contributed by atoms with van der Waals surface area (Å²) in [6.45, 7) is 3.22. The van der Waals surface area contributed by atoms with E-state index in [0.29, 0.717) is 40.2 Å². The molecule has 3 heterocycles. The molecule has 25 heavy (non-hydrogen) atoms. The zero-order valence-corrected chi connectivity index (χ0v) is 15.4. The van der Waals surface area contributed by atoms with Crippen LogP contribution >= 0.6 is 23.2 Å². The molecule has 2 unspecified atom stereocenters. The van der Waals surface area contributed by atoms with Crippen molar-refractivity contribution in [1.82, 2.24) is 25.0 Å². The number of benzene rings is 1. The largest absolute Gasteiger partial charge is 0.334 e. The SMILES string of the molecule is Cc1nc(C(=O)N2CCC3CCC(C2)N3)nn1-c1c(Cl)cccc1Cl. The molecule has 2 saturated heterocycles. The quantitative estimate of drug-likeness (QED) is 0.871. The van der Waals surface area contributed by atoms with Crippen molar-refractivity contribution in [3.05, 3.63) is 39.9 Å². The molecular weight excluding hydrogens is 361 g/mol. The predicted octanol–water partition coefficient (Wildman–Crippen LogP) is 2.85. The van der Waals surface area contributed by atoms with Crippen LogP contribution in [-0.4, -0.2) is 50.7 Å². The van der Waals surface area contributed by atoms with Crippen molar-refractivity contribution < 1.29 is 4.79 Å². The average Bonchev–Trinajstić information content (AvgIpc) is 3.10. The zero-order valence-electron chi connectivity index (χ0n) is 13.9. The van der Waals surface area contributed by atoms with Crippen LogP contribution in [0.15, 0.2) is 18.2 Å². The van der Waals surface area contributed by atoms with Gasteiger partial charge in [-0.05, 0) is 38.3 Å². The van der Waals surface area contributed by atoms with Crippen molar-refractivity contribution in [2.45, 2.75) is 38.3 Å². The highest BCUT2D eigenvalue weighted by Crippen LogP contribution is 2.29. The Morgan fingerprint density at radius 1 is 1.20 bits per heavy atom. The van der Waals surface area contributed by atoms with Crippen molar-refractivity contribution >= 4 is 29.1 Å². The van der Waals surface area contributed by atoms with E-state index < -0.39 is 0 Å². The number of nitrogens with zero attached hydrogens (tertiary/aromatic N) is 4. The van der Waals surface area contributed by atoms with Gasteiger partial charge in [0.05, 0.1) is 10.0 Å². The first-order chi connectivity index (χ1) is 12.0. The van der Waals surface area contributed by atoms with Crippen molar-refractivity contribution in [2.24, 2.45) is 0 Å². The number of para-hydroxylation sites is 1. The van der Waals surface area contributed by atoms with Gasteiger partial charge >= 0.3 is 0 Å². The number of hydrogen-bond acceptors (Lipinski definition) is 4. The Bertz CT molecular complexity index is 801. The van der Waals surface area contributed by atoms with Crippen LogP contribution in [0, 0.1) is 6.92 Å². The molecule has 2 aliphatic rings. The summed E-state index contributed by atoms with van der Waals surface area (Å²) >= 11 is 12.5. The van der Waals surface area contributed by atoms with Crippen LogP contribution in [0.5, 0.6) is 0 Å². The van der Waals surface area contributed by atoms with Gasteiger partial charge in [-0.25, -0.2) is 9.67 Å².